The smallest absolute Gasteiger partial charge is 0.213 e. The van der Waals surface area contributed by atoms with Crippen molar-refractivity contribution in [3.63, 3.8) is 0 Å². The Morgan fingerprint density at radius 3 is 2.81 bits per heavy atom. The Morgan fingerprint density at radius 2 is 2.19 bits per heavy atom. The van der Waals surface area contributed by atoms with E-state index in [1.54, 1.807) is 0 Å². The molecular formula is C10H20N2O2S2. The minimum atomic E-state index is -3.09. The summed E-state index contributed by atoms with van der Waals surface area (Å²) >= 11 is 1.83. The average molecular weight is 264 g/mol. The first-order valence-corrected chi connectivity index (χ1v) is 8.77. The second kappa shape index (κ2) is 5.71. The molecule has 2 heterocycles. The van der Waals surface area contributed by atoms with E-state index in [1.165, 1.54) is 6.42 Å². The Kier molecular flexibility index (Phi) is 4.52. The number of rotatable bonds is 4. The fourth-order valence-corrected chi connectivity index (χ4v) is 5.14. The maximum atomic E-state index is 11.9. The highest BCUT2D eigenvalue weighted by molar-refractivity contribution is 7.99. The number of sulfonamides is 1. The third kappa shape index (κ3) is 3.91. The third-order valence-corrected chi connectivity index (χ3v) is 5.80. The zero-order valence-electron chi connectivity index (χ0n) is 9.44. The standard InChI is InChI=1S/C10H20N2O2S2/c13-16(14,12-9-4-6-15-7-9)8-10-3-1-2-5-11-10/h9-12H,1-8H2. The van der Waals surface area contributed by atoms with E-state index in [1.807, 2.05) is 11.8 Å². The van der Waals surface area contributed by atoms with Crippen LogP contribution in [0.25, 0.3) is 0 Å². The van der Waals surface area contributed by atoms with E-state index in [2.05, 4.69) is 10.0 Å². The van der Waals surface area contributed by atoms with E-state index in [9.17, 15) is 8.42 Å². The summed E-state index contributed by atoms with van der Waals surface area (Å²) in [4.78, 5) is 0. The summed E-state index contributed by atoms with van der Waals surface area (Å²) < 4.78 is 26.6. The van der Waals surface area contributed by atoms with Gasteiger partial charge in [0.1, 0.15) is 0 Å². The van der Waals surface area contributed by atoms with Gasteiger partial charge < -0.3 is 5.32 Å². The van der Waals surface area contributed by atoms with Crippen LogP contribution in [0.1, 0.15) is 25.7 Å². The molecule has 2 fully saturated rings. The Bertz CT molecular complexity index is 307. The van der Waals surface area contributed by atoms with Crippen molar-refractivity contribution < 1.29 is 8.42 Å². The molecule has 0 aromatic rings. The molecule has 0 radical (unpaired) electrons. The predicted molar refractivity (Wildman–Crippen MR) is 68.3 cm³/mol. The second-order valence-electron chi connectivity index (χ2n) is 4.61. The monoisotopic (exact) mass is 264 g/mol. The molecule has 2 aliphatic rings. The number of nitrogens with one attached hydrogen (secondary N) is 2. The highest BCUT2D eigenvalue weighted by atomic mass is 32.2. The van der Waals surface area contributed by atoms with Gasteiger partial charge in [0.05, 0.1) is 5.75 Å². The van der Waals surface area contributed by atoms with E-state index in [-0.39, 0.29) is 17.8 Å². The van der Waals surface area contributed by atoms with Crippen molar-refractivity contribution in [2.24, 2.45) is 0 Å². The second-order valence-corrected chi connectivity index (χ2v) is 7.55. The molecule has 2 N–H and O–H groups in total. The van der Waals surface area contributed by atoms with Gasteiger partial charge in [-0.3, -0.25) is 0 Å². The molecule has 0 spiro atoms. The van der Waals surface area contributed by atoms with Crippen LogP contribution in [0.5, 0.6) is 0 Å². The van der Waals surface area contributed by atoms with Gasteiger partial charge in [0.15, 0.2) is 0 Å². The maximum Gasteiger partial charge on any atom is 0.213 e. The SMILES string of the molecule is O=S(=O)(CC1CCCCN1)NC1CCSC1. The molecule has 0 aromatic heterocycles. The lowest BCUT2D eigenvalue weighted by atomic mass is 10.1. The molecule has 0 aliphatic carbocycles. The van der Waals surface area contributed by atoms with Gasteiger partial charge in [-0.15, -0.1) is 0 Å². The molecule has 0 bridgehead atoms. The number of piperidine rings is 1. The topological polar surface area (TPSA) is 58.2 Å². The van der Waals surface area contributed by atoms with E-state index in [4.69, 9.17) is 0 Å². The molecule has 16 heavy (non-hydrogen) atoms. The van der Waals surface area contributed by atoms with Crippen LogP contribution in [-0.2, 0) is 10.0 Å². The van der Waals surface area contributed by atoms with Gasteiger partial charge in [0, 0.05) is 17.8 Å². The molecule has 0 aromatic carbocycles. The van der Waals surface area contributed by atoms with E-state index < -0.39 is 10.0 Å². The van der Waals surface area contributed by atoms with E-state index >= 15 is 0 Å². The zero-order valence-corrected chi connectivity index (χ0v) is 11.1. The molecule has 2 unspecified atom stereocenters. The van der Waals surface area contributed by atoms with Gasteiger partial charge in [0.25, 0.3) is 0 Å². The van der Waals surface area contributed by atoms with Gasteiger partial charge in [-0.05, 0) is 31.6 Å². The first-order chi connectivity index (χ1) is 7.66. The average Bonchev–Trinajstić information content (AvgIpc) is 2.70. The van der Waals surface area contributed by atoms with Crippen LogP contribution in [0.3, 0.4) is 0 Å². The lowest BCUT2D eigenvalue weighted by Gasteiger charge is -2.24. The number of hydrogen-bond acceptors (Lipinski definition) is 4. The summed E-state index contributed by atoms with van der Waals surface area (Å²) in [5.41, 5.74) is 0. The molecule has 0 saturated carbocycles. The summed E-state index contributed by atoms with van der Waals surface area (Å²) in [6.07, 6.45) is 4.28. The summed E-state index contributed by atoms with van der Waals surface area (Å²) in [5.74, 6) is 2.25. The fourth-order valence-electron chi connectivity index (χ4n) is 2.26. The van der Waals surface area contributed by atoms with Crippen molar-refractivity contribution in [3.8, 4) is 0 Å². The minimum absolute atomic E-state index is 0.153. The normalized spacial score (nSPS) is 31.8. The molecule has 94 valence electrons. The first-order valence-electron chi connectivity index (χ1n) is 5.97. The van der Waals surface area contributed by atoms with Crippen LogP contribution < -0.4 is 10.0 Å². The van der Waals surface area contributed by atoms with Gasteiger partial charge in [-0.2, -0.15) is 11.8 Å². The minimum Gasteiger partial charge on any atom is -0.313 e. The van der Waals surface area contributed by atoms with E-state index in [0.717, 1.165) is 37.3 Å². The van der Waals surface area contributed by atoms with Crippen molar-refractivity contribution in [1.29, 1.82) is 0 Å². The molecule has 0 amide bonds. The van der Waals surface area contributed by atoms with Gasteiger partial charge in [-0.1, -0.05) is 6.42 Å². The van der Waals surface area contributed by atoms with Crippen LogP contribution in [0.15, 0.2) is 0 Å². The summed E-state index contributed by atoms with van der Waals surface area (Å²) in [7, 11) is -3.09. The van der Waals surface area contributed by atoms with Crippen LogP contribution >= 0.6 is 11.8 Å². The Labute approximate surface area is 102 Å². The zero-order chi connectivity index (χ0) is 11.4. The molecule has 2 saturated heterocycles. The third-order valence-electron chi connectivity index (χ3n) is 3.11. The Hall–Kier alpha value is 0.220. The largest absolute Gasteiger partial charge is 0.313 e. The molecular weight excluding hydrogens is 244 g/mol. The van der Waals surface area contributed by atoms with Gasteiger partial charge in [0.2, 0.25) is 10.0 Å². The highest BCUT2D eigenvalue weighted by Gasteiger charge is 2.25. The molecule has 2 rings (SSSR count). The van der Waals surface area contributed by atoms with Crippen molar-refractivity contribution in [1.82, 2.24) is 10.0 Å². The number of thioether (sulfide) groups is 1. The van der Waals surface area contributed by atoms with Crippen LogP contribution in [0.4, 0.5) is 0 Å². The predicted octanol–water partition coefficient (Wildman–Crippen LogP) is 0.553. The quantitative estimate of drug-likeness (QED) is 0.779. The summed E-state index contributed by atoms with van der Waals surface area (Å²) in [6.45, 7) is 0.958. The fraction of sp³-hybridized carbons (Fsp3) is 1.00. The highest BCUT2D eigenvalue weighted by Crippen LogP contribution is 2.18. The van der Waals surface area contributed by atoms with Crippen molar-refractivity contribution >= 4 is 21.8 Å². The molecule has 4 nitrogen and oxygen atoms in total. The Morgan fingerprint density at radius 1 is 1.31 bits per heavy atom. The number of hydrogen-bond donors (Lipinski definition) is 2. The maximum absolute atomic E-state index is 11.9. The molecule has 2 atom stereocenters. The van der Waals surface area contributed by atoms with Crippen molar-refractivity contribution in [2.75, 3.05) is 23.8 Å². The summed E-state index contributed by atoms with van der Waals surface area (Å²) in [5, 5.41) is 3.28. The lowest BCUT2D eigenvalue weighted by molar-refractivity contribution is 0.421. The van der Waals surface area contributed by atoms with Crippen LogP contribution in [0, 0.1) is 0 Å². The van der Waals surface area contributed by atoms with E-state index in [0.29, 0.717) is 0 Å². The lowest BCUT2D eigenvalue weighted by Crippen LogP contribution is -2.45. The van der Waals surface area contributed by atoms with Crippen LogP contribution in [-0.4, -0.2) is 44.3 Å². The molecule has 2 aliphatic heterocycles. The van der Waals surface area contributed by atoms with Crippen LogP contribution in [0.2, 0.25) is 0 Å². The van der Waals surface area contributed by atoms with Gasteiger partial charge in [-0.25, -0.2) is 13.1 Å². The van der Waals surface area contributed by atoms with Gasteiger partial charge >= 0.3 is 0 Å². The first kappa shape index (κ1) is 12.7. The van der Waals surface area contributed by atoms with Crippen molar-refractivity contribution in [3.05, 3.63) is 0 Å². The van der Waals surface area contributed by atoms with Crippen molar-refractivity contribution in [2.45, 2.75) is 37.8 Å². The summed E-state index contributed by atoms with van der Waals surface area (Å²) in [6, 6.07) is 0.318. The molecule has 6 heteroatoms. The Balaban J connectivity index is 1.81.